The van der Waals surface area contributed by atoms with E-state index in [0.717, 1.165) is 62.8 Å². The Hall–Kier alpha value is -1.57. The van der Waals surface area contributed by atoms with E-state index in [1.807, 2.05) is 0 Å². The maximum absolute atomic E-state index is 12.5. The quantitative estimate of drug-likeness (QED) is 0.768. The third kappa shape index (κ3) is 3.91. The maximum atomic E-state index is 12.5. The number of sulfone groups is 1. The van der Waals surface area contributed by atoms with Crippen LogP contribution < -0.4 is 0 Å². The van der Waals surface area contributed by atoms with E-state index < -0.39 is 20.2 Å². The number of carbonyl (C=O) groups is 1. The summed E-state index contributed by atoms with van der Waals surface area (Å²) in [5.74, 6) is -0.308. The van der Waals surface area contributed by atoms with E-state index in [9.17, 15) is 26.4 Å². The van der Waals surface area contributed by atoms with Crippen molar-refractivity contribution in [3.63, 3.8) is 0 Å². The molecule has 0 N–H and O–H groups in total. The predicted molar refractivity (Wildman–Crippen MR) is 83.3 cm³/mol. The van der Waals surface area contributed by atoms with Gasteiger partial charge in [-0.1, -0.05) is 25.7 Å². The van der Waals surface area contributed by atoms with Crippen molar-refractivity contribution in [2.45, 2.75) is 55.0 Å². The number of benzene rings is 1. The zero-order valence-corrected chi connectivity index (χ0v) is 14.2. The van der Waals surface area contributed by atoms with Gasteiger partial charge >= 0.3 is 5.51 Å². The lowest BCUT2D eigenvalue weighted by Gasteiger charge is -2.27. The number of alkyl halides is 3. The van der Waals surface area contributed by atoms with Gasteiger partial charge in [0.05, 0.1) is 4.90 Å². The van der Waals surface area contributed by atoms with E-state index in [-0.39, 0.29) is 17.5 Å². The summed E-state index contributed by atoms with van der Waals surface area (Å²) >= 11 is 0. The third-order valence-corrected chi connectivity index (χ3v) is 5.91. The van der Waals surface area contributed by atoms with Crippen LogP contribution in [-0.4, -0.2) is 37.8 Å². The topological polar surface area (TPSA) is 54.5 Å². The van der Waals surface area contributed by atoms with E-state index >= 15 is 0 Å². The summed E-state index contributed by atoms with van der Waals surface area (Å²) in [4.78, 5) is 13.2. The largest absolute Gasteiger partial charge is 0.501 e. The molecule has 134 valence electrons. The van der Waals surface area contributed by atoms with Crippen LogP contribution >= 0.6 is 0 Å². The van der Waals surface area contributed by atoms with Crippen molar-refractivity contribution in [3.8, 4) is 0 Å². The molecule has 0 heterocycles. The molecule has 1 aromatic rings. The molecule has 0 aromatic heterocycles. The Morgan fingerprint density at radius 2 is 1.54 bits per heavy atom. The molecule has 0 bridgehead atoms. The first-order valence-electron chi connectivity index (χ1n) is 7.83. The highest BCUT2D eigenvalue weighted by Crippen LogP contribution is 2.30. The zero-order valence-electron chi connectivity index (χ0n) is 13.3. The molecule has 1 amide bonds. The van der Waals surface area contributed by atoms with Crippen molar-refractivity contribution >= 4 is 15.7 Å². The predicted octanol–water partition coefficient (Wildman–Crippen LogP) is 3.77. The number of nitrogens with zero attached hydrogens (tertiary/aromatic N) is 1. The van der Waals surface area contributed by atoms with Crippen LogP contribution in [0.15, 0.2) is 29.2 Å². The molecule has 0 spiro atoms. The molecule has 0 aliphatic heterocycles. The fourth-order valence-corrected chi connectivity index (χ4v) is 3.69. The van der Waals surface area contributed by atoms with E-state index in [1.54, 1.807) is 11.9 Å². The fourth-order valence-electron chi connectivity index (χ4n) is 2.92. The first kappa shape index (κ1) is 18.8. The number of carbonyl (C=O) groups excluding carboxylic acids is 1. The molecule has 1 fully saturated rings. The summed E-state index contributed by atoms with van der Waals surface area (Å²) in [5.41, 5.74) is -5.17. The summed E-state index contributed by atoms with van der Waals surface area (Å²) < 4.78 is 60.2. The minimum atomic E-state index is -5.39. The van der Waals surface area contributed by atoms with E-state index in [1.165, 1.54) is 0 Å². The van der Waals surface area contributed by atoms with Crippen LogP contribution in [-0.2, 0) is 9.84 Å². The van der Waals surface area contributed by atoms with Crippen LogP contribution in [0.25, 0.3) is 0 Å². The lowest BCUT2D eigenvalue weighted by atomic mass is 10.1. The smallest absolute Gasteiger partial charge is 0.339 e. The van der Waals surface area contributed by atoms with Gasteiger partial charge < -0.3 is 4.90 Å². The van der Waals surface area contributed by atoms with Gasteiger partial charge in [-0.25, -0.2) is 8.42 Å². The molecule has 1 saturated carbocycles. The molecule has 0 atom stereocenters. The van der Waals surface area contributed by atoms with Crippen LogP contribution in [0.1, 0.15) is 48.9 Å². The molecular formula is C16H20F3NO3S. The number of amides is 1. The van der Waals surface area contributed by atoms with E-state index in [0.29, 0.717) is 0 Å². The highest BCUT2D eigenvalue weighted by atomic mass is 32.2. The van der Waals surface area contributed by atoms with Crippen LogP contribution in [0.3, 0.4) is 0 Å². The molecule has 8 heteroatoms. The second kappa shape index (κ2) is 7.13. The second-order valence-corrected chi connectivity index (χ2v) is 7.98. The Morgan fingerprint density at radius 1 is 1.04 bits per heavy atom. The van der Waals surface area contributed by atoms with Crippen LogP contribution in [0, 0.1) is 0 Å². The van der Waals surface area contributed by atoms with Gasteiger partial charge in [-0.2, -0.15) is 13.2 Å². The highest BCUT2D eigenvalue weighted by molar-refractivity contribution is 7.92. The van der Waals surface area contributed by atoms with E-state index in [4.69, 9.17) is 0 Å². The number of hydrogen-bond donors (Lipinski definition) is 0. The molecule has 0 saturated heterocycles. The summed E-state index contributed by atoms with van der Waals surface area (Å²) in [6.07, 6.45) is 6.19. The third-order valence-electron chi connectivity index (χ3n) is 4.41. The Balaban J connectivity index is 2.16. The van der Waals surface area contributed by atoms with E-state index in [2.05, 4.69) is 0 Å². The first-order chi connectivity index (χ1) is 11.1. The van der Waals surface area contributed by atoms with Crippen LogP contribution in [0.5, 0.6) is 0 Å². The number of rotatable bonds is 3. The molecule has 0 radical (unpaired) electrons. The average Bonchev–Trinajstić information content (AvgIpc) is 2.81. The summed E-state index contributed by atoms with van der Waals surface area (Å²) in [5, 5.41) is 0. The average molecular weight is 363 g/mol. The molecule has 1 aliphatic carbocycles. The van der Waals surface area contributed by atoms with Crippen molar-refractivity contribution in [1.82, 2.24) is 4.90 Å². The lowest BCUT2D eigenvalue weighted by Crippen LogP contribution is -2.36. The van der Waals surface area contributed by atoms with Crippen molar-refractivity contribution in [2.75, 3.05) is 7.05 Å². The highest BCUT2D eigenvalue weighted by Gasteiger charge is 2.46. The maximum Gasteiger partial charge on any atom is 0.501 e. The van der Waals surface area contributed by atoms with Gasteiger partial charge in [0.25, 0.3) is 15.7 Å². The van der Waals surface area contributed by atoms with Crippen molar-refractivity contribution in [3.05, 3.63) is 29.8 Å². The standard InChI is InChI=1S/C16H20F3NO3S/c1-20(13-6-4-2-3-5-7-13)15(21)12-8-10-14(11-9-12)24(22,23)16(17,18)19/h8-11,13H,2-7H2,1H3. The molecular weight excluding hydrogens is 343 g/mol. The molecule has 0 unspecified atom stereocenters. The molecule has 4 nitrogen and oxygen atoms in total. The van der Waals surface area contributed by atoms with Gasteiger partial charge in [0.2, 0.25) is 0 Å². The Morgan fingerprint density at radius 3 is 2.00 bits per heavy atom. The number of hydrogen-bond acceptors (Lipinski definition) is 3. The summed E-state index contributed by atoms with van der Waals surface area (Å²) in [6.45, 7) is 0. The Bertz CT molecular complexity index is 676. The van der Waals surface area contributed by atoms with Gasteiger partial charge in [-0.05, 0) is 37.1 Å². The molecule has 1 aromatic carbocycles. The summed E-state index contributed by atoms with van der Waals surface area (Å²) in [7, 11) is -3.71. The zero-order chi connectivity index (χ0) is 18.0. The second-order valence-electron chi connectivity index (χ2n) is 6.03. The van der Waals surface area contributed by atoms with Crippen molar-refractivity contribution in [2.24, 2.45) is 0 Å². The van der Waals surface area contributed by atoms with Gasteiger partial charge in [-0.15, -0.1) is 0 Å². The summed E-state index contributed by atoms with van der Waals surface area (Å²) in [6, 6.07) is 4.04. The van der Waals surface area contributed by atoms with Gasteiger partial charge in [0.1, 0.15) is 0 Å². The van der Waals surface area contributed by atoms with Gasteiger partial charge in [-0.3, -0.25) is 4.79 Å². The molecule has 2 rings (SSSR count). The molecule has 24 heavy (non-hydrogen) atoms. The molecule has 1 aliphatic rings. The number of halogens is 3. The Labute approximate surface area is 139 Å². The normalized spacial score (nSPS) is 17.3. The monoisotopic (exact) mass is 363 g/mol. The Kier molecular flexibility index (Phi) is 5.57. The minimum Gasteiger partial charge on any atom is -0.339 e. The fraction of sp³-hybridized carbons (Fsp3) is 0.562. The minimum absolute atomic E-state index is 0.110. The van der Waals surface area contributed by atoms with Gasteiger partial charge in [0.15, 0.2) is 0 Å². The van der Waals surface area contributed by atoms with Crippen molar-refractivity contribution < 1.29 is 26.4 Å². The first-order valence-corrected chi connectivity index (χ1v) is 9.31. The SMILES string of the molecule is CN(C(=O)c1ccc(S(=O)(=O)C(F)(F)F)cc1)C1CCCCCC1. The van der Waals surface area contributed by atoms with Crippen LogP contribution in [0.2, 0.25) is 0 Å². The van der Waals surface area contributed by atoms with Crippen molar-refractivity contribution in [1.29, 1.82) is 0 Å². The van der Waals surface area contributed by atoms with Gasteiger partial charge in [0, 0.05) is 18.7 Å². The lowest BCUT2D eigenvalue weighted by molar-refractivity contribution is -0.0436. The van der Waals surface area contributed by atoms with Crippen LogP contribution in [0.4, 0.5) is 13.2 Å².